The van der Waals surface area contributed by atoms with Crippen molar-refractivity contribution in [3.63, 3.8) is 0 Å². The molecular formula is C16H16ClN3. The zero-order valence-electron chi connectivity index (χ0n) is 11.1. The van der Waals surface area contributed by atoms with E-state index in [1.165, 1.54) is 16.5 Å². The van der Waals surface area contributed by atoms with E-state index in [1.807, 2.05) is 24.4 Å². The van der Waals surface area contributed by atoms with Gasteiger partial charge in [0.1, 0.15) is 0 Å². The standard InChI is InChI=1S/C16H16ClN3/c17-15-4-3-14-5-8-20(16(14)10-15)9-7-19-12-13-2-1-6-18-11-13/h1-6,8,10-11,19H,7,9,12H2. The highest BCUT2D eigenvalue weighted by Gasteiger charge is 2.01. The zero-order valence-corrected chi connectivity index (χ0v) is 11.8. The Morgan fingerprint density at radius 2 is 2.15 bits per heavy atom. The number of hydrogen-bond donors (Lipinski definition) is 1. The van der Waals surface area contributed by atoms with E-state index in [9.17, 15) is 0 Å². The first-order valence-electron chi connectivity index (χ1n) is 6.67. The van der Waals surface area contributed by atoms with Crippen molar-refractivity contribution in [2.24, 2.45) is 0 Å². The van der Waals surface area contributed by atoms with Crippen LogP contribution in [-0.4, -0.2) is 16.1 Å². The molecule has 3 nitrogen and oxygen atoms in total. The normalized spacial score (nSPS) is 11.1. The van der Waals surface area contributed by atoms with E-state index in [0.717, 1.165) is 24.7 Å². The molecule has 1 N–H and O–H groups in total. The van der Waals surface area contributed by atoms with E-state index in [-0.39, 0.29) is 0 Å². The van der Waals surface area contributed by atoms with Crippen LogP contribution in [0.2, 0.25) is 5.02 Å². The van der Waals surface area contributed by atoms with Crippen molar-refractivity contribution in [3.8, 4) is 0 Å². The molecule has 20 heavy (non-hydrogen) atoms. The van der Waals surface area contributed by atoms with Gasteiger partial charge in [-0.25, -0.2) is 0 Å². The average molecular weight is 286 g/mol. The molecule has 3 rings (SSSR count). The van der Waals surface area contributed by atoms with Crippen LogP contribution in [0.25, 0.3) is 10.9 Å². The third kappa shape index (κ3) is 3.00. The van der Waals surface area contributed by atoms with Crippen molar-refractivity contribution in [2.75, 3.05) is 6.54 Å². The van der Waals surface area contributed by atoms with E-state index < -0.39 is 0 Å². The van der Waals surface area contributed by atoms with Crippen LogP contribution in [0.4, 0.5) is 0 Å². The van der Waals surface area contributed by atoms with Crippen LogP contribution in [0.1, 0.15) is 5.56 Å². The Morgan fingerprint density at radius 1 is 1.20 bits per heavy atom. The van der Waals surface area contributed by atoms with Crippen LogP contribution < -0.4 is 5.32 Å². The maximum Gasteiger partial charge on any atom is 0.0495 e. The van der Waals surface area contributed by atoms with Gasteiger partial charge < -0.3 is 9.88 Å². The van der Waals surface area contributed by atoms with Crippen LogP contribution in [0.15, 0.2) is 55.0 Å². The second-order valence-corrected chi connectivity index (χ2v) is 5.19. The highest BCUT2D eigenvalue weighted by Crippen LogP contribution is 2.20. The lowest BCUT2D eigenvalue weighted by Gasteiger charge is -2.07. The van der Waals surface area contributed by atoms with Gasteiger partial charge in [0.2, 0.25) is 0 Å². The second kappa shape index (κ2) is 6.07. The summed E-state index contributed by atoms with van der Waals surface area (Å²) < 4.78 is 2.22. The summed E-state index contributed by atoms with van der Waals surface area (Å²) in [5, 5.41) is 5.43. The van der Waals surface area contributed by atoms with Crippen LogP contribution in [0.3, 0.4) is 0 Å². The summed E-state index contributed by atoms with van der Waals surface area (Å²) >= 11 is 6.05. The molecule has 2 aromatic heterocycles. The Kier molecular flexibility index (Phi) is 4.00. The molecule has 0 aliphatic heterocycles. The maximum absolute atomic E-state index is 6.05. The molecule has 0 aliphatic carbocycles. The number of aromatic nitrogens is 2. The largest absolute Gasteiger partial charge is 0.346 e. The highest BCUT2D eigenvalue weighted by molar-refractivity contribution is 6.31. The van der Waals surface area contributed by atoms with Gasteiger partial charge in [0.05, 0.1) is 0 Å². The minimum absolute atomic E-state index is 0.778. The molecule has 0 bridgehead atoms. The van der Waals surface area contributed by atoms with Gasteiger partial charge in [-0.2, -0.15) is 0 Å². The van der Waals surface area contributed by atoms with E-state index >= 15 is 0 Å². The average Bonchev–Trinajstić information content (AvgIpc) is 2.87. The first-order chi connectivity index (χ1) is 9.83. The van der Waals surface area contributed by atoms with Crippen LogP contribution in [0.5, 0.6) is 0 Å². The summed E-state index contributed by atoms with van der Waals surface area (Å²) in [6, 6.07) is 12.1. The van der Waals surface area contributed by atoms with Gasteiger partial charge >= 0.3 is 0 Å². The number of fused-ring (bicyclic) bond motifs is 1. The van der Waals surface area contributed by atoms with Gasteiger partial charge in [-0.3, -0.25) is 4.98 Å². The van der Waals surface area contributed by atoms with E-state index in [0.29, 0.717) is 0 Å². The Hall–Kier alpha value is -1.84. The van der Waals surface area contributed by atoms with Gasteiger partial charge in [-0.15, -0.1) is 0 Å². The maximum atomic E-state index is 6.05. The molecule has 0 atom stereocenters. The topological polar surface area (TPSA) is 29.9 Å². The number of hydrogen-bond acceptors (Lipinski definition) is 2. The lowest BCUT2D eigenvalue weighted by atomic mass is 10.2. The van der Waals surface area contributed by atoms with Crippen molar-refractivity contribution in [1.82, 2.24) is 14.9 Å². The number of halogens is 1. The van der Waals surface area contributed by atoms with Crippen molar-refractivity contribution >= 4 is 22.5 Å². The summed E-state index contributed by atoms with van der Waals surface area (Å²) in [5.41, 5.74) is 2.38. The number of pyridine rings is 1. The summed E-state index contributed by atoms with van der Waals surface area (Å²) in [4.78, 5) is 4.10. The van der Waals surface area contributed by atoms with Crippen molar-refractivity contribution in [3.05, 3.63) is 65.6 Å². The molecule has 0 spiro atoms. The van der Waals surface area contributed by atoms with Crippen molar-refractivity contribution < 1.29 is 0 Å². The van der Waals surface area contributed by atoms with Crippen molar-refractivity contribution in [1.29, 1.82) is 0 Å². The smallest absolute Gasteiger partial charge is 0.0495 e. The minimum atomic E-state index is 0.778. The monoisotopic (exact) mass is 285 g/mol. The molecule has 0 unspecified atom stereocenters. The summed E-state index contributed by atoms with van der Waals surface area (Å²) in [6.07, 6.45) is 5.78. The van der Waals surface area contributed by atoms with Crippen molar-refractivity contribution in [2.45, 2.75) is 13.1 Å². The molecule has 0 saturated heterocycles. The molecule has 0 amide bonds. The molecule has 3 aromatic rings. The van der Waals surface area contributed by atoms with Gasteiger partial charge in [-0.05, 0) is 35.2 Å². The van der Waals surface area contributed by atoms with Crippen LogP contribution in [-0.2, 0) is 13.1 Å². The fourth-order valence-electron chi connectivity index (χ4n) is 2.29. The molecule has 102 valence electrons. The highest BCUT2D eigenvalue weighted by atomic mass is 35.5. The van der Waals surface area contributed by atoms with Gasteiger partial charge in [-0.1, -0.05) is 23.7 Å². The predicted molar refractivity (Wildman–Crippen MR) is 82.9 cm³/mol. The van der Waals surface area contributed by atoms with E-state index in [4.69, 9.17) is 11.6 Å². The van der Waals surface area contributed by atoms with E-state index in [1.54, 1.807) is 6.20 Å². The quantitative estimate of drug-likeness (QED) is 0.728. The molecular weight excluding hydrogens is 270 g/mol. The SMILES string of the molecule is Clc1ccc2ccn(CCNCc3cccnc3)c2c1. The fraction of sp³-hybridized carbons (Fsp3) is 0.188. The Balaban J connectivity index is 1.59. The lowest BCUT2D eigenvalue weighted by Crippen LogP contribution is -2.19. The first kappa shape index (κ1) is 13.2. The zero-order chi connectivity index (χ0) is 13.8. The first-order valence-corrected chi connectivity index (χ1v) is 7.05. The third-order valence-electron chi connectivity index (χ3n) is 3.32. The summed E-state index contributed by atoms with van der Waals surface area (Å²) in [7, 11) is 0. The number of nitrogens with zero attached hydrogens (tertiary/aromatic N) is 2. The minimum Gasteiger partial charge on any atom is -0.346 e. The van der Waals surface area contributed by atoms with E-state index in [2.05, 4.69) is 39.3 Å². The Bertz CT molecular complexity index is 691. The van der Waals surface area contributed by atoms with Gasteiger partial charge in [0, 0.05) is 48.8 Å². The lowest BCUT2D eigenvalue weighted by molar-refractivity contribution is 0.608. The number of rotatable bonds is 5. The summed E-state index contributed by atoms with van der Waals surface area (Å²) in [6.45, 7) is 2.67. The molecule has 0 saturated carbocycles. The molecule has 0 radical (unpaired) electrons. The Morgan fingerprint density at radius 3 is 3.00 bits per heavy atom. The number of nitrogens with one attached hydrogen (secondary N) is 1. The molecule has 2 heterocycles. The van der Waals surface area contributed by atoms with Crippen LogP contribution in [0, 0.1) is 0 Å². The Labute approximate surface area is 123 Å². The predicted octanol–water partition coefficient (Wildman–Crippen LogP) is 3.48. The van der Waals surface area contributed by atoms with Gasteiger partial charge in [0.25, 0.3) is 0 Å². The third-order valence-corrected chi connectivity index (χ3v) is 3.55. The van der Waals surface area contributed by atoms with Gasteiger partial charge in [0.15, 0.2) is 0 Å². The molecule has 4 heteroatoms. The van der Waals surface area contributed by atoms with Crippen LogP contribution >= 0.6 is 11.6 Å². The summed E-state index contributed by atoms with van der Waals surface area (Å²) in [5.74, 6) is 0. The molecule has 1 aromatic carbocycles. The number of benzene rings is 1. The second-order valence-electron chi connectivity index (χ2n) is 4.75. The fourth-order valence-corrected chi connectivity index (χ4v) is 2.45. The molecule has 0 fully saturated rings. The molecule has 0 aliphatic rings.